The van der Waals surface area contributed by atoms with Crippen molar-refractivity contribution in [2.24, 2.45) is 0 Å². The smallest absolute Gasteiger partial charge is 0.242 e. The quantitative estimate of drug-likeness (QED) is 0.551. The molecule has 7 heteroatoms. The molecule has 0 fully saturated rings. The first-order chi connectivity index (χ1) is 14.0. The summed E-state index contributed by atoms with van der Waals surface area (Å²) in [5.74, 6) is 0.263. The van der Waals surface area contributed by atoms with Gasteiger partial charge >= 0.3 is 0 Å². The molecular weight excluding hydrogens is 467 g/mol. The average Bonchev–Trinajstić information content (AvgIpc) is 2.67. The Balaban J connectivity index is 2.08. The molecule has 4 nitrogen and oxygen atoms in total. The molecule has 1 atom stereocenters. The second kappa shape index (κ2) is 11.0. The van der Waals surface area contributed by atoms with Crippen molar-refractivity contribution in [3.05, 3.63) is 69.9 Å². The Kier molecular flexibility index (Phi) is 8.92. The van der Waals surface area contributed by atoms with Crippen molar-refractivity contribution in [1.82, 2.24) is 10.2 Å². The van der Waals surface area contributed by atoms with Crippen LogP contribution in [0.25, 0.3) is 0 Å². The van der Waals surface area contributed by atoms with Crippen molar-refractivity contribution in [1.29, 1.82) is 0 Å². The van der Waals surface area contributed by atoms with Crippen LogP contribution in [0, 0.1) is 5.82 Å². The van der Waals surface area contributed by atoms with Crippen LogP contribution in [-0.4, -0.2) is 34.0 Å². The van der Waals surface area contributed by atoms with Crippen molar-refractivity contribution < 1.29 is 14.0 Å². The minimum Gasteiger partial charge on any atom is -0.350 e. The highest BCUT2D eigenvalue weighted by atomic mass is 79.9. The Labute approximate surface area is 190 Å². The van der Waals surface area contributed by atoms with E-state index in [9.17, 15) is 14.0 Å². The normalized spacial score (nSPS) is 12.3. The zero-order chi connectivity index (χ0) is 22.3. The molecule has 0 aliphatic carbocycles. The molecule has 1 N–H and O–H groups in total. The van der Waals surface area contributed by atoms with Crippen LogP contribution in [0.3, 0.4) is 0 Å². The van der Waals surface area contributed by atoms with E-state index in [-0.39, 0.29) is 28.9 Å². The third-order valence-electron chi connectivity index (χ3n) is 4.34. The van der Waals surface area contributed by atoms with Crippen LogP contribution in [0.4, 0.5) is 4.39 Å². The molecule has 30 heavy (non-hydrogen) atoms. The number of thioether (sulfide) groups is 1. The van der Waals surface area contributed by atoms with Gasteiger partial charge in [0, 0.05) is 22.3 Å². The summed E-state index contributed by atoms with van der Waals surface area (Å²) in [5.41, 5.74) is 1.52. The van der Waals surface area contributed by atoms with Crippen molar-refractivity contribution in [3.63, 3.8) is 0 Å². The van der Waals surface area contributed by atoms with E-state index < -0.39 is 6.04 Å². The molecule has 0 unspecified atom stereocenters. The van der Waals surface area contributed by atoms with Gasteiger partial charge in [0.05, 0.1) is 5.75 Å². The van der Waals surface area contributed by atoms with E-state index in [0.29, 0.717) is 12.3 Å². The molecule has 0 bridgehead atoms. The van der Waals surface area contributed by atoms with Gasteiger partial charge in [-0.3, -0.25) is 9.59 Å². The molecular formula is C23H28BrFN2O2S. The van der Waals surface area contributed by atoms with Crippen LogP contribution < -0.4 is 5.32 Å². The Morgan fingerprint density at radius 3 is 2.20 bits per heavy atom. The zero-order valence-electron chi connectivity index (χ0n) is 17.7. The molecule has 0 radical (unpaired) electrons. The summed E-state index contributed by atoms with van der Waals surface area (Å²) in [6, 6.07) is 13.4. The van der Waals surface area contributed by atoms with Gasteiger partial charge in [-0.25, -0.2) is 4.39 Å². The number of carbonyl (C=O) groups excluding carboxylic acids is 2. The number of nitrogens with zero attached hydrogens (tertiary/aromatic N) is 1. The zero-order valence-corrected chi connectivity index (χ0v) is 20.1. The lowest BCUT2D eigenvalue weighted by Crippen LogP contribution is -2.52. The summed E-state index contributed by atoms with van der Waals surface area (Å²) in [6.45, 7) is 7.84. The summed E-state index contributed by atoms with van der Waals surface area (Å²) in [7, 11) is 0. The minimum atomic E-state index is -0.605. The number of nitrogens with one attached hydrogen (secondary N) is 1. The number of hydrogen-bond acceptors (Lipinski definition) is 3. The van der Waals surface area contributed by atoms with Gasteiger partial charge in [-0.2, -0.15) is 0 Å². The van der Waals surface area contributed by atoms with Crippen molar-refractivity contribution >= 4 is 39.5 Å². The van der Waals surface area contributed by atoms with Gasteiger partial charge in [-0.1, -0.05) is 40.2 Å². The van der Waals surface area contributed by atoms with Crippen molar-refractivity contribution in [2.45, 2.75) is 51.6 Å². The number of hydrogen-bond donors (Lipinski definition) is 1. The second-order valence-electron chi connectivity index (χ2n) is 8.18. The maximum absolute atomic E-state index is 13.0. The second-order valence-corrected chi connectivity index (χ2v) is 10.1. The Hall–Kier alpha value is -1.86. The van der Waals surface area contributed by atoms with E-state index in [4.69, 9.17) is 0 Å². The lowest BCUT2D eigenvalue weighted by Gasteiger charge is -2.31. The first kappa shape index (κ1) is 24.4. The Bertz CT molecular complexity index is 851. The molecule has 0 saturated heterocycles. The van der Waals surface area contributed by atoms with Crippen molar-refractivity contribution in [3.8, 4) is 0 Å². The lowest BCUT2D eigenvalue weighted by molar-refractivity contribution is -0.139. The maximum Gasteiger partial charge on any atom is 0.242 e. The molecule has 0 heterocycles. The van der Waals surface area contributed by atoms with E-state index in [1.807, 2.05) is 45.0 Å². The molecule has 0 aliphatic heterocycles. The van der Waals surface area contributed by atoms with Crippen LogP contribution in [0.5, 0.6) is 0 Å². The molecule has 2 rings (SSSR count). The number of amides is 2. The van der Waals surface area contributed by atoms with Gasteiger partial charge in [0.1, 0.15) is 11.9 Å². The van der Waals surface area contributed by atoms with Gasteiger partial charge in [0.2, 0.25) is 11.8 Å². The third kappa shape index (κ3) is 8.11. The maximum atomic E-state index is 13.0. The molecule has 2 aromatic carbocycles. The lowest BCUT2D eigenvalue weighted by atomic mass is 10.1. The number of carbonyl (C=O) groups is 2. The Morgan fingerprint density at radius 2 is 1.63 bits per heavy atom. The van der Waals surface area contributed by atoms with Gasteiger partial charge in [-0.15, -0.1) is 11.8 Å². The molecule has 0 aliphatic rings. The van der Waals surface area contributed by atoms with Gasteiger partial charge in [0.25, 0.3) is 0 Å². The fourth-order valence-electron chi connectivity index (χ4n) is 2.76. The predicted molar refractivity (Wildman–Crippen MR) is 125 cm³/mol. The van der Waals surface area contributed by atoms with Crippen LogP contribution in [0.1, 0.15) is 38.8 Å². The van der Waals surface area contributed by atoms with E-state index in [2.05, 4.69) is 21.2 Å². The number of halogens is 2. The fourth-order valence-corrected chi connectivity index (χ4v) is 3.90. The highest BCUT2D eigenvalue weighted by molar-refractivity contribution is 9.10. The molecule has 0 aromatic heterocycles. The topological polar surface area (TPSA) is 49.4 Å². The average molecular weight is 495 g/mol. The van der Waals surface area contributed by atoms with E-state index in [1.54, 1.807) is 24.0 Å². The van der Waals surface area contributed by atoms with Crippen LogP contribution in [-0.2, 0) is 21.9 Å². The summed E-state index contributed by atoms with van der Waals surface area (Å²) in [6.07, 6.45) is 0. The molecule has 0 spiro atoms. The van der Waals surface area contributed by atoms with Crippen LogP contribution in [0.2, 0.25) is 0 Å². The SMILES string of the molecule is C[C@H](C(=O)NC(C)(C)C)N(Cc1ccc(Br)cc1)C(=O)CSCc1ccc(F)cc1. The van der Waals surface area contributed by atoms with Crippen LogP contribution in [0.15, 0.2) is 53.0 Å². The molecule has 0 saturated carbocycles. The molecule has 2 amide bonds. The summed E-state index contributed by atoms with van der Waals surface area (Å²) in [5, 5.41) is 2.95. The summed E-state index contributed by atoms with van der Waals surface area (Å²) < 4.78 is 14.0. The third-order valence-corrected chi connectivity index (χ3v) is 5.86. The Morgan fingerprint density at radius 1 is 1.07 bits per heavy atom. The van der Waals surface area contributed by atoms with E-state index in [1.165, 1.54) is 23.9 Å². The largest absolute Gasteiger partial charge is 0.350 e. The molecule has 162 valence electrons. The van der Waals surface area contributed by atoms with E-state index >= 15 is 0 Å². The van der Waals surface area contributed by atoms with Gasteiger partial charge < -0.3 is 10.2 Å². The standard InChI is InChI=1S/C23H28BrFN2O2S/c1-16(22(29)26-23(2,3)4)27(13-17-5-9-19(24)10-6-17)21(28)15-30-14-18-7-11-20(25)12-8-18/h5-12,16H,13-15H2,1-4H3,(H,26,29)/t16-/m1/s1. The summed E-state index contributed by atoms with van der Waals surface area (Å²) in [4.78, 5) is 27.4. The highest BCUT2D eigenvalue weighted by Gasteiger charge is 2.28. The monoisotopic (exact) mass is 494 g/mol. The predicted octanol–water partition coefficient (Wildman–Crippen LogP) is 5.15. The molecule has 2 aromatic rings. The first-order valence-corrected chi connectivity index (χ1v) is 11.7. The van der Waals surface area contributed by atoms with E-state index in [0.717, 1.165) is 15.6 Å². The van der Waals surface area contributed by atoms with Gasteiger partial charge in [0.15, 0.2) is 0 Å². The number of rotatable bonds is 8. The fraction of sp³-hybridized carbons (Fsp3) is 0.391. The van der Waals surface area contributed by atoms with Gasteiger partial charge in [-0.05, 0) is 63.1 Å². The first-order valence-electron chi connectivity index (χ1n) is 9.73. The highest BCUT2D eigenvalue weighted by Crippen LogP contribution is 2.18. The van der Waals surface area contributed by atoms with Crippen LogP contribution >= 0.6 is 27.7 Å². The number of benzene rings is 2. The van der Waals surface area contributed by atoms with Crippen molar-refractivity contribution in [2.75, 3.05) is 5.75 Å². The summed E-state index contributed by atoms with van der Waals surface area (Å²) >= 11 is 4.87. The minimum absolute atomic E-state index is 0.110.